The van der Waals surface area contributed by atoms with Gasteiger partial charge in [0.1, 0.15) is 0 Å². The Morgan fingerprint density at radius 3 is 2.86 bits per heavy atom. The molecule has 1 aliphatic heterocycles. The minimum Gasteiger partial charge on any atom is -0.338 e. The number of fused-ring (bicyclic) bond motifs is 2. The van der Waals surface area contributed by atoms with Crippen molar-refractivity contribution in [2.24, 2.45) is 17.8 Å². The molecule has 120 valence electrons. The average Bonchev–Trinajstić information content (AvgIpc) is 2.96. The van der Waals surface area contributed by atoms with E-state index in [0.29, 0.717) is 5.91 Å². The number of carbonyl (C=O) groups excluding carboxylic acids is 1. The van der Waals surface area contributed by atoms with Gasteiger partial charge in [0.25, 0.3) is 5.91 Å². The fourth-order valence-corrected chi connectivity index (χ4v) is 6.05. The molecule has 0 spiro atoms. The predicted molar refractivity (Wildman–Crippen MR) is 91.5 cm³/mol. The lowest BCUT2D eigenvalue weighted by Crippen LogP contribution is -2.44. The van der Waals surface area contributed by atoms with E-state index in [4.69, 9.17) is 0 Å². The maximum Gasteiger partial charge on any atom is 0.254 e. The molecule has 2 aliphatic carbocycles. The second kappa shape index (κ2) is 5.99. The topological polar surface area (TPSA) is 20.3 Å². The second-order valence-electron chi connectivity index (χ2n) is 7.74. The Hall–Kier alpha value is -0.830. The van der Waals surface area contributed by atoms with Crippen molar-refractivity contribution in [3.05, 3.63) is 21.4 Å². The number of amides is 1. The Labute approximate surface area is 137 Å². The molecule has 4 rings (SSSR count). The summed E-state index contributed by atoms with van der Waals surface area (Å²) in [5, 5.41) is 2.15. The van der Waals surface area contributed by atoms with Gasteiger partial charge in [-0.1, -0.05) is 26.2 Å². The summed E-state index contributed by atoms with van der Waals surface area (Å²) in [6.45, 7) is 4.34. The predicted octanol–water partition coefficient (Wildman–Crippen LogP) is 4.53. The van der Waals surface area contributed by atoms with Crippen molar-refractivity contribution in [2.75, 3.05) is 13.1 Å². The van der Waals surface area contributed by atoms with Crippen molar-refractivity contribution in [1.82, 2.24) is 4.90 Å². The van der Waals surface area contributed by atoms with E-state index in [9.17, 15) is 4.79 Å². The molecule has 0 N–H and O–H groups in total. The molecule has 3 atom stereocenters. The van der Waals surface area contributed by atoms with Gasteiger partial charge in [-0.15, -0.1) is 11.3 Å². The van der Waals surface area contributed by atoms with Crippen LogP contribution in [0, 0.1) is 17.8 Å². The van der Waals surface area contributed by atoms with Crippen LogP contribution in [0.2, 0.25) is 0 Å². The molecule has 22 heavy (non-hydrogen) atoms. The smallest absolute Gasteiger partial charge is 0.254 e. The number of hydrogen-bond donors (Lipinski definition) is 0. The maximum absolute atomic E-state index is 13.0. The molecule has 0 unspecified atom stereocenters. The van der Waals surface area contributed by atoms with Gasteiger partial charge in [0.05, 0.1) is 5.56 Å². The highest BCUT2D eigenvalue weighted by Gasteiger charge is 2.34. The van der Waals surface area contributed by atoms with Crippen LogP contribution in [0.25, 0.3) is 0 Å². The van der Waals surface area contributed by atoms with Crippen LogP contribution < -0.4 is 0 Å². The van der Waals surface area contributed by atoms with Crippen molar-refractivity contribution in [1.29, 1.82) is 0 Å². The molecular formula is C19H27NOS. The van der Waals surface area contributed by atoms with Crippen LogP contribution in [-0.4, -0.2) is 23.9 Å². The number of likely N-dealkylation sites (tertiary alicyclic amines) is 1. The molecule has 1 aromatic rings. The normalized spacial score (nSPS) is 31.5. The van der Waals surface area contributed by atoms with Crippen molar-refractivity contribution in [3.63, 3.8) is 0 Å². The summed E-state index contributed by atoms with van der Waals surface area (Å²) in [6.07, 6.45) is 10.3. The number of hydrogen-bond acceptors (Lipinski definition) is 2. The zero-order valence-corrected chi connectivity index (χ0v) is 14.5. The highest BCUT2D eigenvalue weighted by molar-refractivity contribution is 7.10. The number of rotatable bonds is 1. The zero-order valence-electron chi connectivity index (χ0n) is 13.6. The van der Waals surface area contributed by atoms with Crippen LogP contribution in [0.3, 0.4) is 0 Å². The van der Waals surface area contributed by atoms with Crippen molar-refractivity contribution < 1.29 is 4.79 Å². The van der Waals surface area contributed by atoms with Gasteiger partial charge in [-0.3, -0.25) is 4.79 Å². The van der Waals surface area contributed by atoms with E-state index < -0.39 is 0 Å². The third-order valence-electron chi connectivity index (χ3n) is 6.21. The third kappa shape index (κ3) is 2.62. The van der Waals surface area contributed by atoms with Gasteiger partial charge < -0.3 is 4.90 Å². The lowest BCUT2D eigenvalue weighted by Gasteiger charge is -2.41. The molecule has 2 fully saturated rings. The first-order valence-electron chi connectivity index (χ1n) is 9.11. The van der Waals surface area contributed by atoms with E-state index in [1.54, 1.807) is 0 Å². The Morgan fingerprint density at radius 2 is 2.00 bits per heavy atom. The van der Waals surface area contributed by atoms with Crippen molar-refractivity contribution in [3.8, 4) is 0 Å². The van der Waals surface area contributed by atoms with Crippen LogP contribution in [0.5, 0.6) is 0 Å². The number of nitrogens with zero attached hydrogens (tertiary/aromatic N) is 1. The van der Waals surface area contributed by atoms with Gasteiger partial charge in [0, 0.05) is 23.3 Å². The largest absolute Gasteiger partial charge is 0.338 e. The Kier molecular flexibility index (Phi) is 4.02. The summed E-state index contributed by atoms with van der Waals surface area (Å²) in [6, 6.07) is 0. The van der Waals surface area contributed by atoms with Gasteiger partial charge in [-0.25, -0.2) is 0 Å². The first-order valence-corrected chi connectivity index (χ1v) is 9.99. The molecule has 0 bridgehead atoms. The van der Waals surface area contributed by atoms with Gasteiger partial charge in [0.2, 0.25) is 0 Å². The molecule has 2 heterocycles. The summed E-state index contributed by atoms with van der Waals surface area (Å²) in [7, 11) is 0. The van der Waals surface area contributed by atoms with Gasteiger partial charge in [0.15, 0.2) is 0 Å². The monoisotopic (exact) mass is 317 g/mol. The van der Waals surface area contributed by atoms with Crippen molar-refractivity contribution >= 4 is 17.2 Å². The van der Waals surface area contributed by atoms with Crippen molar-refractivity contribution in [2.45, 2.75) is 58.3 Å². The molecule has 3 aliphatic rings. The van der Waals surface area contributed by atoms with Crippen LogP contribution >= 0.6 is 11.3 Å². The lowest BCUT2D eigenvalue weighted by molar-refractivity contribution is 0.0520. The van der Waals surface area contributed by atoms with E-state index in [-0.39, 0.29) is 0 Å². The van der Waals surface area contributed by atoms with Gasteiger partial charge in [-0.05, 0) is 55.4 Å². The Morgan fingerprint density at radius 1 is 1.18 bits per heavy atom. The van der Waals surface area contributed by atoms with Crippen LogP contribution in [-0.2, 0) is 12.8 Å². The van der Waals surface area contributed by atoms with E-state index in [2.05, 4.69) is 17.2 Å². The number of carbonyl (C=O) groups is 1. The minimum atomic E-state index is 0.330. The minimum absolute atomic E-state index is 0.330. The second-order valence-corrected chi connectivity index (χ2v) is 8.71. The first kappa shape index (κ1) is 14.7. The van der Waals surface area contributed by atoms with Crippen LogP contribution in [0.4, 0.5) is 0 Å². The molecular weight excluding hydrogens is 290 g/mol. The fraction of sp³-hybridized carbons (Fsp3) is 0.737. The highest BCUT2D eigenvalue weighted by Crippen LogP contribution is 2.38. The molecule has 1 aromatic heterocycles. The highest BCUT2D eigenvalue weighted by atomic mass is 32.1. The Bertz CT molecular complexity index is 564. The van der Waals surface area contributed by atoms with E-state index in [1.165, 1.54) is 55.4 Å². The van der Waals surface area contributed by atoms with Crippen LogP contribution in [0.15, 0.2) is 5.38 Å². The number of thiophene rings is 1. The SMILES string of the molecule is C[C@@H]1CCc2c(C(=O)N3CC[C@H]4CCCC[C@H]4C3)csc2C1. The quantitative estimate of drug-likeness (QED) is 0.745. The molecule has 1 amide bonds. The van der Waals surface area contributed by atoms with Crippen LogP contribution in [0.1, 0.15) is 66.2 Å². The number of piperidine rings is 1. The standard InChI is InChI=1S/C19H27NOS/c1-13-6-7-16-17(12-22-18(16)10-13)19(21)20-9-8-14-4-2-3-5-15(14)11-20/h12-15H,2-11H2,1H3/t13-,14-,15+/m1/s1. The summed E-state index contributed by atoms with van der Waals surface area (Å²) < 4.78 is 0. The van der Waals surface area contributed by atoms with Gasteiger partial charge >= 0.3 is 0 Å². The zero-order chi connectivity index (χ0) is 15.1. The first-order chi connectivity index (χ1) is 10.7. The van der Waals surface area contributed by atoms with E-state index in [1.807, 2.05) is 11.3 Å². The molecule has 0 radical (unpaired) electrons. The lowest BCUT2D eigenvalue weighted by atomic mass is 9.75. The fourth-order valence-electron chi connectivity index (χ4n) is 4.81. The molecule has 1 saturated heterocycles. The summed E-state index contributed by atoms with van der Waals surface area (Å²) in [5.41, 5.74) is 2.43. The Balaban J connectivity index is 1.50. The van der Waals surface area contributed by atoms with E-state index >= 15 is 0 Å². The molecule has 3 heteroatoms. The third-order valence-corrected chi connectivity index (χ3v) is 7.26. The van der Waals surface area contributed by atoms with E-state index in [0.717, 1.165) is 42.8 Å². The summed E-state index contributed by atoms with van der Waals surface area (Å²) in [5.74, 6) is 2.79. The summed E-state index contributed by atoms with van der Waals surface area (Å²) >= 11 is 1.82. The maximum atomic E-state index is 13.0. The molecule has 0 aromatic carbocycles. The molecule has 1 saturated carbocycles. The van der Waals surface area contributed by atoms with Gasteiger partial charge in [-0.2, -0.15) is 0 Å². The average molecular weight is 317 g/mol. The molecule has 2 nitrogen and oxygen atoms in total. The summed E-state index contributed by atoms with van der Waals surface area (Å²) in [4.78, 5) is 16.7.